The number of hydrogen-bond acceptors (Lipinski definition) is 3. The summed E-state index contributed by atoms with van der Waals surface area (Å²) in [7, 11) is 0. The molecule has 0 fully saturated rings. The molecule has 0 radical (unpaired) electrons. The summed E-state index contributed by atoms with van der Waals surface area (Å²) in [5.74, 6) is -0.688. The minimum Gasteiger partial charge on any atom is -0.364 e. The third kappa shape index (κ3) is 1.38. The van der Waals surface area contributed by atoms with Crippen LogP contribution in [-0.4, -0.2) is 27.9 Å². The first-order chi connectivity index (χ1) is 8.58. The van der Waals surface area contributed by atoms with Crippen molar-refractivity contribution in [2.75, 3.05) is 6.54 Å². The van der Waals surface area contributed by atoms with Crippen LogP contribution in [0.25, 0.3) is 11.0 Å². The fourth-order valence-corrected chi connectivity index (χ4v) is 2.28. The molecular weight excluding hydrogens is 232 g/mol. The summed E-state index contributed by atoms with van der Waals surface area (Å²) >= 11 is 0. The SMILES string of the molecule is CC1CNC(=O)c2cc3ccc(C(N)=O)nc3n21. The molecule has 0 aliphatic carbocycles. The first-order valence-electron chi connectivity index (χ1n) is 5.68. The zero-order valence-corrected chi connectivity index (χ0v) is 9.80. The Labute approximate surface area is 103 Å². The van der Waals surface area contributed by atoms with Gasteiger partial charge in [-0.2, -0.15) is 0 Å². The van der Waals surface area contributed by atoms with Gasteiger partial charge >= 0.3 is 0 Å². The average molecular weight is 244 g/mol. The smallest absolute Gasteiger partial charge is 0.268 e. The maximum atomic E-state index is 11.8. The second-order valence-corrected chi connectivity index (χ2v) is 4.43. The quantitative estimate of drug-likeness (QED) is 0.762. The number of carbonyl (C=O) groups excluding carboxylic acids is 2. The molecule has 6 heteroatoms. The molecule has 92 valence electrons. The van der Waals surface area contributed by atoms with Crippen LogP contribution in [0.2, 0.25) is 0 Å². The van der Waals surface area contributed by atoms with Gasteiger partial charge in [-0.05, 0) is 25.1 Å². The van der Waals surface area contributed by atoms with Gasteiger partial charge in [-0.15, -0.1) is 0 Å². The summed E-state index contributed by atoms with van der Waals surface area (Å²) in [4.78, 5) is 27.2. The number of primary amides is 1. The molecular formula is C12H12N4O2. The lowest BCUT2D eigenvalue weighted by Crippen LogP contribution is -2.37. The molecule has 2 aromatic rings. The van der Waals surface area contributed by atoms with E-state index in [1.165, 1.54) is 0 Å². The summed E-state index contributed by atoms with van der Waals surface area (Å²) in [5, 5.41) is 3.64. The van der Waals surface area contributed by atoms with E-state index in [1.807, 2.05) is 11.5 Å². The Morgan fingerprint density at radius 2 is 2.33 bits per heavy atom. The molecule has 3 heterocycles. The number of pyridine rings is 1. The van der Waals surface area contributed by atoms with Crippen LogP contribution < -0.4 is 11.1 Å². The van der Waals surface area contributed by atoms with Gasteiger partial charge < -0.3 is 15.6 Å². The summed E-state index contributed by atoms with van der Waals surface area (Å²) in [5.41, 5.74) is 6.63. The zero-order valence-electron chi connectivity index (χ0n) is 9.80. The first kappa shape index (κ1) is 10.8. The normalized spacial score (nSPS) is 18.5. The lowest BCUT2D eigenvalue weighted by molar-refractivity contribution is 0.0918. The number of hydrogen-bond donors (Lipinski definition) is 2. The van der Waals surface area contributed by atoms with Gasteiger partial charge in [-0.25, -0.2) is 4.98 Å². The monoisotopic (exact) mass is 244 g/mol. The van der Waals surface area contributed by atoms with E-state index in [2.05, 4.69) is 10.3 Å². The molecule has 1 unspecified atom stereocenters. The Bertz CT molecular complexity index is 674. The lowest BCUT2D eigenvalue weighted by Gasteiger charge is -2.23. The fourth-order valence-electron chi connectivity index (χ4n) is 2.28. The lowest BCUT2D eigenvalue weighted by atomic mass is 10.2. The van der Waals surface area contributed by atoms with Crippen LogP contribution in [0.15, 0.2) is 18.2 Å². The minimum absolute atomic E-state index is 0.103. The Hall–Kier alpha value is -2.37. The molecule has 0 spiro atoms. The van der Waals surface area contributed by atoms with Crippen LogP contribution in [0.3, 0.4) is 0 Å². The number of nitrogens with zero attached hydrogens (tertiary/aromatic N) is 2. The summed E-state index contributed by atoms with van der Waals surface area (Å²) in [6.45, 7) is 2.54. The summed E-state index contributed by atoms with van der Waals surface area (Å²) in [6.07, 6.45) is 0. The Balaban J connectivity index is 2.32. The van der Waals surface area contributed by atoms with E-state index in [-0.39, 0.29) is 17.6 Å². The van der Waals surface area contributed by atoms with Crippen molar-refractivity contribution in [3.63, 3.8) is 0 Å². The molecule has 0 saturated carbocycles. The van der Waals surface area contributed by atoms with E-state index in [9.17, 15) is 9.59 Å². The van der Waals surface area contributed by atoms with E-state index in [0.29, 0.717) is 17.9 Å². The van der Waals surface area contributed by atoms with Gasteiger partial charge in [0.25, 0.3) is 11.8 Å². The highest BCUT2D eigenvalue weighted by atomic mass is 16.2. The molecule has 6 nitrogen and oxygen atoms in total. The van der Waals surface area contributed by atoms with Gasteiger partial charge in [0.2, 0.25) is 0 Å². The minimum atomic E-state index is -0.569. The van der Waals surface area contributed by atoms with Crippen molar-refractivity contribution in [1.82, 2.24) is 14.9 Å². The molecule has 3 N–H and O–H groups in total. The van der Waals surface area contributed by atoms with Crippen LogP contribution >= 0.6 is 0 Å². The predicted octanol–water partition coefficient (Wildman–Crippen LogP) is 0.440. The van der Waals surface area contributed by atoms with E-state index >= 15 is 0 Å². The molecule has 1 aliphatic heterocycles. The van der Waals surface area contributed by atoms with E-state index < -0.39 is 5.91 Å². The summed E-state index contributed by atoms with van der Waals surface area (Å²) < 4.78 is 1.85. The Morgan fingerprint density at radius 1 is 1.56 bits per heavy atom. The van der Waals surface area contributed by atoms with Crippen molar-refractivity contribution in [1.29, 1.82) is 0 Å². The Kier molecular flexibility index (Phi) is 2.13. The van der Waals surface area contributed by atoms with Crippen LogP contribution in [0.5, 0.6) is 0 Å². The maximum absolute atomic E-state index is 11.8. The van der Waals surface area contributed by atoms with Crippen LogP contribution in [-0.2, 0) is 0 Å². The standard InChI is InChI=1S/C12H12N4O2/c1-6-5-14-12(18)9-4-7-2-3-8(10(13)17)15-11(7)16(6)9/h2-4,6H,5H2,1H3,(H2,13,17)(H,14,18). The first-order valence-corrected chi connectivity index (χ1v) is 5.68. The van der Waals surface area contributed by atoms with Gasteiger partial charge in [0.1, 0.15) is 17.0 Å². The van der Waals surface area contributed by atoms with Crippen molar-refractivity contribution < 1.29 is 9.59 Å². The van der Waals surface area contributed by atoms with Crippen LogP contribution in [0, 0.1) is 0 Å². The third-order valence-corrected chi connectivity index (χ3v) is 3.17. The average Bonchev–Trinajstić information content (AvgIpc) is 2.73. The topological polar surface area (TPSA) is 90.0 Å². The van der Waals surface area contributed by atoms with Crippen molar-refractivity contribution in [3.05, 3.63) is 29.6 Å². The maximum Gasteiger partial charge on any atom is 0.268 e. The van der Waals surface area contributed by atoms with Crippen molar-refractivity contribution in [2.24, 2.45) is 5.73 Å². The van der Waals surface area contributed by atoms with Crippen molar-refractivity contribution in [3.8, 4) is 0 Å². The molecule has 0 bridgehead atoms. The molecule has 1 atom stereocenters. The molecule has 18 heavy (non-hydrogen) atoms. The van der Waals surface area contributed by atoms with Gasteiger partial charge in [0.05, 0.1) is 6.04 Å². The number of rotatable bonds is 1. The number of amides is 2. The molecule has 1 aliphatic rings. The third-order valence-electron chi connectivity index (χ3n) is 3.17. The van der Waals surface area contributed by atoms with Crippen LogP contribution in [0.1, 0.15) is 33.9 Å². The highest BCUT2D eigenvalue weighted by Crippen LogP contribution is 2.25. The number of carbonyl (C=O) groups is 2. The molecule has 2 aromatic heterocycles. The molecule has 3 rings (SSSR count). The number of nitrogens with two attached hydrogens (primary N) is 1. The second-order valence-electron chi connectivity index (χ2n) is 4.43. The predicted molar refractivity (Wildman–Crippen MR) is 65.3 cm³/mol. The van der Waals surface area contributed by atoms with Gasteiger partial charge in [-0.3, -0.25) is 9.59 Å². The van der Waals surface area contributed by atoms with Crippen LogP contribution in [0.4, 0.5) is 0 Å². The molecule has 0 aromatic carbocycles. The van der Waals surface area contributed by atoms with Gasteiger partial charge in [0.15, 0.2) is 0 Å². The van der Waals surface area contributed by atoms with Crippen molar-refractivity contribution in [2.45, 2.75) is 13.0 Å². The highest BCUT2D eigenvalue weighted by Gasteiger charge is 2.25. The fraction of sp³-hybridized carbons (Fsp3) is 0.250. The van der Waals surface area contributed by atoms with Gasteiger partial charge in [0, 0.05) is 11.9 Å². The highest BCUT2D eigenvalue weighted by molar-refractivity contribution is 6.00. The van der Waals surface area contributed by atoms with E-state index in [1.54, 1.807) is 18.2 Å². The van der Waals surface area contributed by atoms with E-state index in [0.717, 1.165) is 5.39 Å². The zero-order chi connectivity index (χ0) is 12.9. The molecule has 2 amide bonds. The number of nitrogens with one attached hydrogen (secondary N) is 1. The van der Waals surface area contributed by atoms with Crippen molar-refractivity contribution >= 4 is 22.8 Å². The number of aromatic nitrogens is 2. The second kappa shape index (κ2) is 3.56. The summed E-state index contributed by atoms with van der Waals surface area (Å²) in [6, 6.07) is 5.20. The van der Waals surface area contributed by atoms with E-state index in [4.69, 9.17) is 5.73 Å². The molecule has 0 saturated heterocycles. The van der Waals surface area contributed by atoms with Gasteiger partial charge in [-0.1, -0.05) is 0 Å². The Morgan fingerprint density at radius 3 is 3.06 bits per heavy atom. The number of fused-ring (bicyclic) bond motifs is 3. The largest absolute Gasteiger partial charge is 0.364 e.